The molecular weight excluding hydrogens is 639 g/mol. The van der Waals surface area contributed by atoms with E-state index in [0.717, 1.165) is 24.5 Å². The smallest absolute Gasteiger partial charge is 0.363 e. The highest BCUT2D eigenvalue weighted by atomic mass is 127. The van der Waals surface area contributed by atoms with E-state index in [0.29, 0.717) is 10.7 Å². The van der Waals surface area contributed by atoms with Gasteiger partial charge in [0.15, 0.2) is 0 Å². The molecule has 0 aliphatic carbocycles. The molecule has 0 saturated carbocycles. The van der Waals surface area contributed by atoms with Crippen LogP contribution in [0.4, 0.5) is 0 Å². The highest BCUT2D eigenvalue weighted by molar-refractivity contribution is 14.1. The molecule has 1 saturated heterocycles. The van der Waals surface area contributed by atoms with Crippen molar-refractivity contribution < 1.29 is 19.1 Å². The summed E-state index contributed by atoms with van der Waals surface area (Å²) in [6.45, 7) is 0. The van der Waals surface area contributed by atoms with E-state index < -0.39 is 18.0 Å². The fraction of sp³-hybridized carbons (Fsp3) is 0.148. The van der Waals surface area contributed by atoms with Crippen LogP contribution in [-0.2, 0) is 19.1 Å². The van der Waals surface area contributed by atoms with Gasteiger partial charge in [-0.15, -0.1) is 23.5 Å². The minimum Gasteiger partial charge on any atom is -0.388 e. The molecular formula is C27H21IN2O4S3. The van der Waals surface area contributed by atoms with Gasteiger partial charge in [0.25, 0.3) is 0 Å². The number of ether oxygens (including phenoxy) is 1. The van der Waals surface area contributed by atoms with E-state index in [1.165, 1.54) is 40.2 Å². The third-order valence-corrected chi connectivity index (χ3v) is 10.8. The number of nitrogens with zero attached hydrogens (tertiary/aromatic N) is 1. The minimum absolute atomic E-state index is 0.0238. The second-order valence-corrected chi connectivity index (χ2v) is 12.6. The fourth-order valence-electron chi connectivity index (χ4n) is 3.98. The van der Waals surface area contributed by atoms with Gasteiger partial charge in [0.2, 0.25) is 5.91 Å². The van der Waals surface area contributed by atoms with Gasteiger partial charge in [-0.2, -0.15) is 0 Å². The van der Waals surface area contributed by atoms with Crippen LogP contribution in [0, 0.1) is 3.57 Å². The zero-order valence-corrected chi connectivity index (χ0v) is 23.9. The number of thioether (sulfide) groups is 3. The maximum Gasteiger partial charge on any atom is 0.363 e. The van der Waals surface area contributed by atoms with Crippen molar-refractivity contribution in [3.8, 4) is 11.1 Å². The predicted molar refractivity (Wildman–Crippen MR) is 157 cm³/mol. The van der Waals surface area contributed by atoms with Gasteiger partial charge in [0, 0.05) is 24.0 Å². The number of hydrogen-bond donors (Lipinski definition) is 1. The van der Waals surface area contributed by atoms with Crippen molar-refractivity contribution in [2.75, 3.05) is 11.5 Å². The molecule has 2 aliphatic heterocycles. The summed E-state index contributed by atoms with van der Waals surface area (Å²) in [6, 6.07) is 24.8. The number of fused-ring (bicyclic) bond motifs is 1. The van der Waals surface area contributed by atoms with Gasteiger partial charge in [-0.05, 0) is 51.9 Å². The Labute approximate surface area is 240 Å². The lowest BCUT2D eigenvalue weighted by molar-refractivity contribution is -0.159. The number of halogens is 1. The molecule has 10 heteroatoms. The van der Waals surface area contributed by atoms with Crippen LogP contribution in [0.5, 0.6) is 0 Å². The lowest BCUT2D eigenvalue weighted by Gasteiger charge is -2.48. The van der Waals surface area contributed by atoms with E-state index in [1.807, 2.05) is 78.9 Å². The number of benzene rings is 3. The largest absolute Gasteiger partial charge is 0.388 e. The van der Waals surface area contributed by atoms with Crippen LogP contribution < -0.4 is 5.73 Å². The Bertz CT molecular complexity index is 1400. The molecule has 188 valence electrons. The summed E-state index contributed by atoms with van der Waals surface area (Å²) in [5.41, 5.74) is 8.16. The van der Waals surface area contributed by atoms with Gasteiger partial charge in [0.05, 0.1) is 5.75 Å². The Kier molecular flexibility index (Phi) is 8.30. The molecule has 0 bridgehead atoms. The Morgan fingerprint density at radius 2 is 1.68 bits per heavy atom. The molecule has 2 atom stereocenters. The van der Waals surface area contributed by atoms with Crippen molar-refractivity contribution >= 4 is 75.7 Å². The van der Waals surface area contributed by atoms with Crippen molar-refractivity contribution in [3.05, 3.63) is 93.0 Å². The highest BCUT2D eigenvalue weighted by Gasteiger charge is 2.52. The first-order valence-corrected chi connectivity index (χ1v) is 15.2. The summed E-state index contributed by atoms with van der Waals surface area (Å²) in [7, 11) is 0. The van der Waals surface area contributed by atoms with Gasteiger partial charge in [-0.1, -0.05) is 72.4 Å². The maximum absolute atomic E-state index is 13.3. The molecule has 37 heavy (non-hydrogen) atoms. The number of amides is 1. The molecule has 6 nitrogen and oxygen atoms in total. The highest BCUT2D eigenvalue weighted by Crippen LogP contribution is 2.46. The average Bonchev–Trinajstić information content (AvgIpc) is 2.92. The van der Waals surface area contributed by atoms with Crippen LogP contribution in [0.3, 0.4) is 0 Å². The van der Waals surface area contributed by atoms with Crippen LogP contribution in [-0.4, -0.2) is 45.7 Å². The summed E-state index contributed by atoms with van der Waals surface area (Å²) in [6.07, 6.45) is 0. The Hall–Kier alpha value is -2.25. The summed E-state index contributed by atoms with van der Waals surface area (Å²) in [4.78, 5) is 42.5. The zero-order valence-electron chi connectivity index (χ0n) is 19.3. The van der Waals surface area contributed by atoms with Crippen molar-refractivity contribution in [2.24, 2.45) is 5.73 Å². The maximum atomic E-state index is 13.3. The predicted octanol–water partition coefficient (Wildman–Crippen LogP) is 5.37. The van der Waals surface area contributed by atoms with Gasteiger partial charge in [0.1, 0.15) is 17.1 Å². The normalized spacial score (nSPS) is 18.8. The Morgan fingerprint density at radius 1 is 1.00 bits per heavy atom. The third-order valence-electron chi connectivity index (χ3n) is 5.76. The molecule has 0 aromatic heterocycles. The second-order valence-electron chi connectivity index (χ2n) is 8.15. The molecule has 0 radical (unpaired) electrons. The summed E-state index contributed by atoms with van der Waals surface area (Å²) in [5, 5.41) is -0.348. The zero-order chi connectivity index (χ0) is 25.9. The van der Waals surface area contributed by atoms with E-state index in [1.54, 1.807) is 0 Å². The molecule has 5 rings (SSSR count). The first kappa shape index (κ1) is 26.4. The van der Waals surface area contributed by atoms with E-state index in [9.17, 15) is 14.4 Å². The average molecular weight is 661 g/mol. The van der Waals surface area contributed by atoms with Crippen molar-refractivity contribution in [3.63, 3.8) is 0 Å². The number of esters is 2. The Balaban J connectivity index is 1.40. The van der Waals surface area contributed by atoms with E-state index in [4.69, 9.17) is 10.5 Å². The molecule has 0 spiro atoms. The van der Waals surface area contributed by atoms with Crippen LogP contribution >= 0.6 is 57.9 Å². The van der Waals surface area contributed by atoms with E-state index in [-0.39, 0.29) is 22.7 Å². The van der Waals surface area contributed by atoms with Crippen LogP contribution in [0.1, 0.15) is 0 Å². The molecule has 3 aromatic carbocycles. The van der Waals surface area contributed by atoms with Crippen LogP contribution in [0.15, 0.2) is 99.3 Å². The number of carbonyl (C=O) groups excluding carboxylic acids is 3. The van der Waals surface area contributed by atoms with Crippen molar-refractivity contribution in [1.82, 2.24) is 4.90 Å². The SMILES string of the molecule is NC1C(=O)N2C(C(=O)OC(=O)CSc3ccccc3I)=C(Sc3ccccc3-c3ccccc3)CS[C@@H]12. The lowest BCUT2D eigenvalue weighted by atomic mass is 10.1. The molecule has 1 amide bonds. The molecule has 2 heterocycles. The number of rotatable bonds is 7. The first-order valence-electron chi connectivity index (χ1n) is 11.3. The minimum atomic E-state index is -0.821. The number of carbonyl (C=O) groups is 3. The second kappa shape index (κ2) is 11.6. The van der Waals surface area contributed by atoms with Crippen LogP contribution in [0.25, 0.3) is 11.1 Å². The van der Waals surface area contributed by atoms with Gasteiger partial charge in [-0.25, -0.2) is 4.79 Å². The van der Waals surface area contributed by atoms with Crippen molar-refractivity contribution in [2.45, 2.75) is 21.2 Å². The molecule has 2 aliphatic rings. The van der Waals surface area contributed by atoms with Crippen molar-refractivity contribution in [1.29, 1.82) is 0 Å². The quantitative estimate of drug-likeness (QED) is 0.119. The summed E-state index contributed by atoms with van der Waals surface area (Å²) < 4.78 is 6.26. The molecule has 1 fully saturated rings. The third kappa shape index (κ3) is 5.63. The Morgan fingerprint density at radius 3 is 2.43 bits per heavy atom. The van der Waals surface area contributed by atoms with Gasteiger partial charge < -0.3 is 10.5 Å². The number of nitrogens with two attached hydrogens (primary N) is 1. The number of hydrogen-bond acceptors (Lipinski definition) is 8. The fourth-order valence-corrected chi connectivity index (χ4v) is 8.11. The lowest BCUT2D eigenvalue weighted by Crippen LogP contribution is -2.68. The van der Waals surface area contributed by atoms with E-state index >= 15 is 0 Å². The first-order chi connectivity index (χ1) is 17.9. The topological polar surface area (TPSA) is 89.7 Å². The van der Waals surface area contributed by atoms with Gasteiger partial charge >= 0.3 is 11.9 Å². The molecule has 1 unspecified atom stereocenters. The summed E-state index contributed by atoms with van der Waals surface area (Å²) in [5.74, 6) is -1.38. The van der Waals surface area contributed by atoms with E-state index in [2.05, 4.69) is 22.6 Å². The molecule has 2 N–H and O–H groups in total. The molecule has 3 aromatic rings. The number of β-lactam (4-membered cyclic amide) rings is 1. The summed E-state index contributed by atoms with van der Waals surface area (Å²) >= 11 is 6.42. The van der Waals surface area contributed by atoms with Gasteiger partial charge in [-0.3, -0.25) is 14.5 Å². The standard InChI is InChI=1S/C27H21IN2O4S3/c28-18-11-5-7-13-20(18)35-15-22(31)34-27(33)24-21(14-36-26-23(29)25(32)30(24)26)37-19-12-6-4-10-17(19)16-8-2-1-3-9-16/h1-13,23,26H,14-15,29H2/t23?,26-/m0/s1. The van der Waals surface area contributed by atoms with Crippen LogP contribution in [0.2, 0.25) is 0 Å². The monoisotopic (exact) mass is 660 g/mol.